The van der Waals surface area contributed by atoms with Gasteiger partial charge in [-0.25, -0.2) is 4.39 Å². The van der Waals surface area contributed by atoms with Gasteiger partial charge in [-0.1, -0.05) is 0 Å². The second-order valence-electron chi connectivity index (χ2n) is 4.16. The summed E-state index contributed by atoms with van der Waals surface area (Å²) in [6.07, 6.45) is 2.40. The first-order valence-electron chi connectivity index (χ1n) is 5.65. The summed E-state index contributed by atoms with van der Waals surface area (Å²) in [5.41, 5.74) is -0.716. The molecule has 0 fully saturated rings. The SMILES string of the molecule is N#Cc1ccc(F)cc1Cn1cc(Br)c(=O)c([N+](=O)[O-])c1. The molecule has 0 N–H and O–H groups in total. The van der Waals surface area contributed by atoms with E-state index in [1.165, 1.54) is 22.9 Å². The summed E-state index contributed by atoms with van der Waals surface area (Å²) in [4.78, 5) is 21.6. The molecule has 0 spiro atoms. The standard InChI is InChI=1S/C13H7BrFN3O3/c14-11-6-17(7-12(13(11)19)18(20)21)5-9-3-10(15)2-1-8(9)4-16/h1-3,6-7H,5H2. The van der Waals surface area contributed by atoms with Crippen LogP contribution in [-0.2, 0) is 6.54 Å². The Morgan fingerprint density at radius 3 is 2.76 bits per heavy atom. The quantitative estimate of drug-likeness (QED) is 0.627. The van der Waals surface area contributed by atoms with Crippen LogP contribution in [0.3, 0.4) is 0 Å². The minimum absolute atomic E-state index is 0.0200. The van der Waals surface area contributed by atoms with Crippen molar-refractivity contribution in [2.45, 2.75) is 6.54 Å². The van der Waals surface area contributed by atoms with Gasteiger partial charge < -0.3 is 4.57 Å². The first-order chi connectivity index (χ1) is 9.92. The maximum atomic E-state index is 13.3. The zero-order valence-corrected chi connectivity index (χ0v) is 12.0. The van der Waals surface area contributed by atoms with Crippen molar-refractivity contribution in [2.24, 2.45) is 0 Å². The minimum atomic E-state index is -0.791. The number of rotatable bonds is 3. The van der Waals surface area contributed by atoms with Gasteiger partial charge in [0, 0.05) is 12.7 Å². The molecule has 0 saturated carbocycles. The first kappa shape index (κ1) is 14.9. The van der Waals surface area contributed by atoms with Crippen molar-refractivity contribution in [3.05, 3.63) is 72.3 Å². The summed E-state index contributed by atoms with van der Waals surface area (Å²) in [5.74, 6) is -0.515. The molecule has 2 rings (SSSR count). The third-order valence-electron chi connectivity index (χ3n) is 2.75. The third kappa shape index (κ3) is 3.14. The monoisotopic (exact) mass is 351 g/mol. The molecule has 0 amide bonds. The fourth-order valence-electron chi connectivity index (χ4n) is 1.80. The maximum absolute atomic E-state index is 13.3. The average molecular weight is 352 g/mol. The highest BCUT2D eigenvalue weighted by atomic mass is 79.9. The van der Waals surface area contributed by atoms with Crippen LogP contribution in [0, 0.1) is 27.3 Å². The molecule has 0 aliphatic carbocycles. The van der Waals surface area contributed by atoms with E-state index in [0.717, 1.165) is 12.3 Å². The number of hydrogen-bond donors (Lipinski definition) is 0. The molecule has 1 aromatic heterocycles. The highest BCUT2D eigenvalue weighted by molar-refractivity contribution is 9.10. The molecule has 106 valence electrons. The maximum Gasteiger partial charge on any atom is 0.333 e. The Balaban J connectivity index is 2.51. The van der Waals surface area contributed by atoms with Gasteiger partial charge in [0.25, 0.3) is 5.43 Å². The van der Waals surface area contributed by atoms with Gasteiger partial charge in [0.2, 0.25) is 0 Å². The van der Waals surface area contributed by atoms with Crippen molar-refractivity contribution < 1.29 is 9.31 Å². The summed E-state index contributed by atoms with van der Waals surface area (Å²) in [6, 6.07) is 5.58. The van der Waals surface area contributed by atoms with E-state index in [4.69, 9.17) is 5.26 Å². The van der Waals surface area contributed by atoms with E-state index in [1.54, 1.807) is 0 Å². The van der Waals surface area contributed by atoms with Gasteiger partial charge in [0.1, 0.15) is 5.82 Å². The molecule has 0 radical (unpaired) electrons. The lowest BCUT2D eigenvalue weighted by atomic mass is 10.1. The molecular weight excluding hydrogens is 345 g/mol. The van der Waals surface area contributed by atoms with Crippen molar-refractivity contribution in [1.82, 2.24) is 4.57 Å². The summed E-state index contributed by atoms with van der Waals surface area (Å²) in [7, 11) is 0. The molecule has 8 heteroatoms. The zero-order valence-electron chi connectivity index (χ0n) is 10.4. The number of pyridine rings is 1. The van der Waals surface area contributed by atoms with Crippen molar-refractivity contribution in [3.8, 4) is 6.07 Å². The van der Waals surface area contributed by atoms with Crippen LogP contribution in [0.5, 0.6) is 0 Å². The van der Waals surface area contributed by atoms with E-state index in [9.17, 15) is 19.3 Å². The number of halogens is 2. The summed E-state index contributed by atoms with van der Waals surface area (Å²) < 4.78 is 14.6. The molecular formula is C13H7BrFN3O3. The van der Waals surface area contributed by atoms with E-state index < -0.39 is 21.9 Å². The van der Waals surface area contributed by atoms with Crippen LogP contribution in [0.1, 0.15) is 11.1 Å². The highest BCUT2D eigenvalue weighted by Gasteiger charge is 2.16. The molecule has 21 heavy (non-hydrogen) atoms. The Morgan fingerprint density at radius 2 is 2.14 bits per heavy atom. The second kappa shape index (κ2) is 5.85. The molecule has 0 saturated heterocycles. The zero-order chi connectivity index (χ0) is 15.6. The van der Waals surface area contributed by atoms with Crippen LogP contribution in [-0.4, -0.2) is 9.49 Å². The van der Waals surface area contributed by atoms with E-state index in [-0.39, 0.29) is 16.6 Å². The largest absolute Gasteiger partial charge is 0.342 e. The van der Waals surface area contributed by atoms with Crippen molar-refractivity contribution >= 4 is 21.6 Å². The van der Waals surface area contributed by atoms with Crippen LogP contribution in [0.25, 0.3) is 0 Å². The molecule has 6 nitrogen and oxygen atoms in total. The lowest BCUT2D eigenvalue weighted by molar-refractivity contribution is -0.386. The number of nitrogens with zero attached hydrogens (tertiary/aromatic N) is 3. The first-order valence-corrected chi connectivity index (χ1v) is 6.44. The van der Waals surface area contributed by atoms with E-state index in [0.29, 0.717) is 5.56 Å². The lowest BCUT2D eigenvalue weighted by Gasteiger charge is -2.08. The van der Waals surface area contributed by atoms with Crippen molar-refractivity contribution in [2.75, 3.05) is 0 Å². The fraction of sp³-hybridized carbons (Fsp3) is 0.0769. The molecule has 0 unspecified atom stereocenters. The molecule has 0 aliphatic rings. The molecule has 1 heterocycles. The third-order valence-corrected chi connectivity index (χ3v) is 3.32. The Kier molecular flexibility index (Phi) is 4.14. The number of benzene rings is 1. The van der Waals surface area contributed by atoms with Gasteiger partial charge in [0.15, 0.2) is 0 Å². The number of nitro groups is 1. The summed E-state index contributed by atoms with van der Waals surface area (Å²) in [6.45, 7) is 0.0281. The number of hydrogen-bond acceptors (Lipinski definition) is 4. The highest BCUT2D eigenvalue weighted by Crippen LogP contribution is 2.16. The Labute approximate surface area is 126 Å². The fourth-order valence-corrected chi connectivity index (χ4v) is 2.27. The van der Waals surface area contributed by atoms with Crippen LogP contribution < -0.4 is 5.43 Å². The predicted octanol–water partition coefficient (Wildman–Crippen LogP) is 2.58. The Hall–Kier alpha value is -2.53. The average Bonchev–Trinajstić information content (AvgIpc) is 2.42. The van der Waals surface area contributed by atoms with Gasteiger partial charge >= 0.3 is 5.69 Å². The van der Waals surface area contributed by atoms with Crippen molar-refractivity contribution in [1.29, 1.82) is 5.26 Å². The van der Waals surface area contributed by atoms with Gasteiger partial charge in [-0.2, -0.15) is 5.26 Å². The summed E-state index contributed by atoms with van der Waals surface area (Å²) in [5, 5.41) is 19.8. The second-order valence-corrected chi connectivity index (χ2v) is 5.02. The molecule has 0 atom stereocenters. The predicted molar refractivity (Wildman–Crippen MR) is 75.3 cm³/mol. The van der Waals surface area contributed by atoms with Gasteiger partial charge in [-0.3, -0.25) is 14.9 Å². The normalized spacial score (nSPS) is 10.1. The number of aromatic nitrogens is 1. The molecule has 2 aromatic rings. The topological polar surface area (TPSA) is 88.9 Å². The van der Waals surface area contributed by atoms with E-state index in [1.807, 2.05) is 6.07 Å². The van der Waals surface area contributed by atoms with Crippen LogP contribution >= 0.6 is 15.9 Å². The van der Waals surface area contributed by atoms with E-state index in [2.05, 4.69) is 15.9 Å². The van der Waals surface area contributed by atoms with E-state index >= 15 is 0 Å². The van der Waals surface area contributed by atoms with Crippen LogP contribution in [0.2, 0.25) is 0 Å². The smallest absolute Gasteiger partial charge is 0.333 e. The Bertz CT molecular complexity index is 826. The lowest BCUT2D eigenvalue weighted by Crippen LogP contribution is -2.14. The Morgan fingerprint density at radius 1 is 1.43 bits per heavy atom. The molecule has 1 aromatic carbocycles. The van der Waals surface area contributed by atoms with Gasteiger partial charge in [-0.05, 0) is 39.7 Å². The molecule has 0 bridgehead atoms. The van der Waals surface area contributed by atoms with Gasteiger partial charge in [0.05, 0.1) is 27.2 Å². The minimum Gasteiger partial charge on any atom is -0.342 e. The van der Waals surface area contributed by atoms with Crippen LogP contribution in [0.4, 0.5) is 10.1 Å². The summed E-state index contributed by atoms with van der Waals surface area (Å²) >= 11 is 2.95. The van der Waals surface area contributed by atoms with Gasteiger partial charge in [-0.15, -0.1) is 0 Å². The molecule has 0 aliphatic heterocycles. The number of nitriles is 1. The van der Waals surface area contributed by atoms with Crippen LogP contribution in [0.15, 0.2) is 39.9 Å². The van der Waals surface area contributed by atoms with Crippen molar-refractivity contribution in [3.63, 3.8) is 0 Å².